The van der Waals surface area contributed by atoms with E-state index in [4.69, 9.17) is 9.47 Å². The van der Waals surface area contributed by atoms with Gasteiger partial charge in [0, 0.05) is 49.4 Å². The van der Waals surface area contributed by atoms with Crippen LogP contribution in [-0.4, -0.2) is 37.6 Å². The van der Waals surface area contributed by atoms with Gasteiger partial charge in [-0.25, -0.2) is 0 Å². The Morgan fingerprint density at radius 1 is 0.864 bits per heavy atom. The van der Waals surface area contributed by atoms with Crippen molar-refractivity contribution in [2.45, 2.75) is 67.0 Å². The third kappa shape index (κ3) is 2.41. The molecule has 122 valence electrons. The number of rotatable bonds is 3. The van der Waals surface area contributed by atoms with Crippen molar-refractivity contribution in [3.05, 3.63) is 0 Å². The van der Waals surface area contributed by atoms with Gasteiger partial charge in [-0.2, -0.15) is 0 Å². The first-order valence-corrected chi connectivity index (χ1v) is 8.41. The summed E-state index contributed by atoms with van der Waals surface area (Å²) in [6.45, 7) is 2.68. The number of ether oxygens (including phenoxy) is 2. The van der Waals surface area contributed by atoms with E-state index in [-0.39, 0.29) is 3.42 Å². The van der Waals surface area contributed by atoms with Gasteiger partial charge in [0.25, 0.3) is 0 Å². The normalized spacial score (nSPS) is 45.4. The lowest BCUT2D eigenvalue weighted by Crippen LogP contribution is -2.71. The molecule has 22 heavy (non-hydrogen) atoms. The smallest absolute Gasteiger partial charge is 0.309 e. The highest BCUT2D eigenvalue weighted by Crippen LogP contribution is 2.69. The van der Waals surface area contributed by atoms with Crippen LogP contribution in [0.15, 0.2) is 0 Å². The maximum Gasteiger partial charge on any atom is 0.309 e. The Labute approximate surface area is 142 Å². The predicted molar refractivity (Wildman–Crippen MR) is 83.5 cm³/mol. The van der Waals surface area contributed by atoms with Gasteiger partial charge in [-0.15, -0.1) is 0 Å². The molecule has 0 radical (unpaired) electrons. The monoisotopic (exact) mass is 422 g/mol. The number of carboxylic acid groups (broad SMARTS) is 1. The predicted octanol–water partition coefficient (Wildman–Crippen LogP) is 2.22. The summed E-state index contributed by atoms with van der Waals surface area (Å²) in [6.07, 6.45) is 2.79. The molecule has 0 aromatic carbocycles. The van der Waals surface area contributed by atoms with Gasteiger partial charge in [0.2, 0.25) is 0 Å². The first-order valence-electron chi connectivity index (χ1n) is 7.33. The SMILES string of the molecule is CC(=O)OC12CC3(I)CC(OC(C)=O)(C1)CC(C(=O)O)(C3)C2. The summed E-state index contributed by atoms with van der Waals surface area (Å²) in [5.41, 5.74) is -2.66. The fourth-order valence-corrected chi connectivity index (χ4v) is 7.51. The highest BCUT2D eigenvalue weighted by Gasteiger charge is 2.72. The van der Waals surface area contributed by atoms with Gasteiger partial charge < -0.3 is 14.6 Å². The zero-order chi connectivity index (χ0) is 16.4. The molecule has 0 spiro atoms. The van der Waals surface area contributed by atoms with Crippen LogP contribution in [0.1, 0.15) is 52.4 Å². The van der Waals surface area contributed by atoms with Crippen LogP contribution in [0.4, 0.5) is 0 Å². The summed E-state index contributed by atoms with van der Waals surface area (Å²) >= 11 is 2.28. The van der Waals surface area contributed by atoms with Crippen LogP contribution in [-0.2, 0) is 23.9 Å². The fourth-order valence-electron chi connectivity index (χ4n) is 5.38. The minimum atomic E-state index is -0.985. The molecule has 1 N–H and O–H groups in total. The van der Waals surface area contributed by atoms with Crippen LogP contribution < -0.4 is 0 Å². The van der Waals surface area contributed by atoms with Crippen molar-refractivity contribution in [3.63, 3.8) is 0 Å². The van der Waals surface area contributed by atoms with Crippen molar-refractivity contribution in [2.75, 3.05) is 0 Å². The Morgan fingerprint density at radius 2 is 1.32 bits per heavy atom. The van der Waals surface area contributed by atoms with Crippen molar-refractivity contribution in [2.24, 2.45) is 5.41 Å². The first kappa shape index (κ1) is 16.0. The molecule has 0 aromatic rings. The van der Waals surface area contributed by atoms with Crippen LogP contribution in [0.2, 0.25) is 0 Å². The summed E-state index contributed by atoms with van der Waals surface area (Å²) in [6, 6.07) is 0. The number of carbonyl (C=O) groups is 3. The van der Waals surface area contributed by atoms with Crippen molar-refractivity contribution in [1.29, 1.82) is 0 Å². The van der Waals surface area contributed by atoms with E-state index in [0.29, 0.717) is 38.5 Å². The van der Waals surface area contributed by atoms with Gasteiger partial charge in [0.1, 0.15) is 11.2 Å². The van der Waals surface area contributed by atoms with Crippen molar-refractivity contribution in [1.82, 2.24) is 0 Å². The van der Waals surface area contributed by atoms with Gasteiger partial charge in [0.15, 0.2) is 0 Å². The number of halogens is 1. The lowest BCUT2D eigenvalue weighted by Gasteiger charge is -2.66. The van der Waals surface area contributed by atoms with E-state index in [1.54, 1.807) is 0 Å². The molecule has 2 unspecified atom stereocenters. The molecule has 0 aromatic heterocycles. The largest absolute Gasteiger partial charge is 0.481 e. The average molecular weight is 422 g/mol. The number of aliphatic carboxylic acids is 1. The zero-order valence-corrected chi connectivity index (χ0v) is 14.8. The highest BCUT2D eigenvalue weighted by atomic mass is 127. The van der Waals surface area contributed by atoms with Crippen molar-refractivity contribution in [3.8, 4) is 0 Å². The summed E-state index contributed by atoms with van der Waals surface area (Å²) < 4.78 is 10.9. The first-order chi connectivity index (χ1) is 10.0. The third-order valence-corrected chi connectivity index (χ3v) is 6.22. The molecule has 4 bridgehead atoms. The molecule has 0 aliphatic heterocycles. The number of hydrogen-bond donors (Lipinski definition) is 1. The van der Waals surface area contributed by atoms with E-state index < -0.39 is 34.5 Å². The number of hydrogen-bond acceptors (Lipinski definition) is 5. The molecule has 4 aliphatic rings. The van der Waals surface area contributed by atoms with Gasteiger partial charge in [0.05, 0.1) is 5.41 Å². The summed E-state index contributed by atoms with van der Waals surface area (Å²) in [5, 5.41) is 9.81. The summed E-state index contributed by atoms with van der Waals surface area (Å²) in [4.78, 5) is 35.1. The Kier molecular flexibility index (Phi) is 3.33. The second-order valence-electron chi connectivity index (χ2n) is 7.35. The molecular weight excluding hydrogens is 403 g/mol. The molecule has 0 heterocycles. The van der Waals surface area contributed by atoms with Gasteiger partial charge in [-0.3, -0.25) is 14.4 Å². The van der Waals surface area contributed by atoms with Crippen LogP contribution in [0.5, 0.6) is 0 Å². The highest BCUT2D eigenvalue weighted by molar-refractivity contribution is 14.1. The summed E-state index contributed by atoms with van der Waals surface area (Å²) in [7, 11) is 0. The Bertz CT molecular complexity index is 538. The summed E-state index contributed by atoms with van der Waals surface area (Å²) in [5.74, 6) is -1.72. The topological polar surface area (TPSA) is 89.9 Å². The third-order valence-electron chi connectivity index (χ3n) is 5.07. The molecule has 4 fully saturated rings. The molecule has 7 heteroatoms. The van der Waals surface area contributed by atoms with Crippen LogP contribution in [0, 0.1) is 5.41 Å². The van der Waals surface area contributed by atoms with Gasteiger partial charge in [-0.05, 0) is 6.42 Å². The number of carbonyl (C=O) groups excluding carboxylic acids is 2. The molecule has 4 rings (SSSR count). The lowest BCUT2D eigenvalue weighted by molar-refractivity contribution is -0.244. The molecule has 2 atom stereocenters. The molecule has 4 aliphatic carbocycles. The maximum atomic E-state index is 12.0. The average Bonchev–Trinajstić information content (AvgIpc) is 2.20. The maximum absolute atomic E-state index is 12.0. The van der Waals surface area contributed by atoms with E-state index in [2.05, 4.69) is 22.6 Å². The second kappa shape index (κ2) is 4.58. The van der Waals surface area contributed by atoms with Crippen LogP contribution in [0.3, 0.4) is 0 Å². The quantitative estimate of drug-likeness (QED) is 0.426. The Hall–Kier alpha value is -0.860. The minimum Gasteiger partial charge on any atom is -0.481 e. The number of alkyl halides is 1. The van der Waals surface area contributed by atoms with Crippen LogP contribution in [0.25, 0.3) is 0 Å². The molecule has 0 amide bonds. The number of carboxylic acids is 1. The lowest BCUT2D eigenvalue weighted by atomic mass is 9.46. The van der Waals surface area contributed by atoms with E-state index in [1.165, 1.54) is 13.8 Å². The van der Waals surface area contributed by atoms with E-state index in [1.807, 2.05) is 0 Å². The van der Waals surface area contributed by atoms with Gasteiger partial charge in [-0.1, -0.05) is 22.6 Å². The minimum absolute atomic E-state index is 0.308. The Morgan fingerprint density at radius 3 is 1.68 bits per heavy atom. The Balaban J connectivity index is 2.08. The second-order valence-corrected chi connectivity index (χ2v) is 9.64. The fraction of sp³-hybridized carbons (Fsp3) is 0.800. The molecule has 6 nitrogen and oxygen atoms in total. The molecular formula is C15H19IO6. The van der Waals surface area contributed by atoms with Crippen molar-refractivity contribution >= 4 is 40.5 Å². The van der Waals surface area contributed by atoms with E-state index in [9.17, 15) is 19.5 Å². The zero-order valence-electron chi connectivity index (χ0n) is 12.6. The molecule has 4 saturated carbocycles. The van der Waals surface area contributed by atoms with Gasteiger partial charge >= 0.3 is 17.9 Å². The van der Waals surface area contributed by atoms with E-state index >= 15 is 0 Å². The standard InChI is InChI=1S/C15H19IO6/c1-9(17)21-14-4-12(11(19)20)3-13(16,6-14)7-15(5-12,8-14)22-10(2)18/h3-8H2,1-2H3,(H,19,20). The van der Waals surface area contributed by atoms with Crippen molar-refractivity contribution < 1.29 is 29.0 Å². The van der Waals surface area contributed by atoms with E-state index in [0.717, 1.165) is 0 Å². The number of esters is 2. The van der Waals surface area contributed by atoms with Crippen LogP contribution >= 0.6 is 22.6 Å². The molecule has 0 saturated heterocycles.